The van der Waals surface area contributed by atoms with Gasteiger partial charge in [-0.25, -0.2) is 4.98 Å². The molecule has 0 saturated heterocycles. The maximum absolute atomic E-state index is 7.32. The first kappa shape index (κ1) is 38.1. The molecule has 1 unspecified atom stereocenters. The number of benzene rings is 8. The number of fused-ring (bicyclic) bond motifs is 4. The fourth-order valence-electron chi connectivity index (χ4n) is 10.8. The van der Waals surface area contributed by atoms with Crippen molar-refractivity contribution in [3.8, 4) is 50.9 Å². The van der Waals surface area contributed by atoms with Gasteiger partial charge in [-0.1, -0.05) is 212 Å². The topological polar surface area (TPSA) is 31.4 Å². The zero-order valence-electron chi connectivity index (χ0n) is 35.1. The summed E-state index contributed by atoms with van der Waals surface area (Å²) in [6.07, 6.45) is 7.51. The third kappa shape index (κ3) is 5.89. The summed E-state index contributed by atoms with van der Waals surface area (Å²) in [6.45, 7) is 0. The van der Waals surface area contributed by atoms with E-state index in [-0.39, 0.29) is 6.10 Å². The Kier molecular flexibility index (Phi) is 9.32. The Bertz CT molecular complexity index is 3160. The number of para-hydroxylation sites is 3. The molecule has 1 aromatic heterocycles. The van der Waals surface area contributed by atoms with Gasteiger partial charge in [0.25, 0.3) is 0 Å². The van der Waals surface area contributed by atoms with Crippen LogP contribution in [0.25, 0.3) is 33.6 Å². The van der Waals surface area contributed by atoms with Gasteiger partial charge in [0.05, 0.1) is 11.4 Å². The maximum Gasteiger partial charge on any atom is 0.188 e. The minimum Gasteiger partial charge on any atom is -0.485 e. The Morgan fingerprint density at radius 1 is 0.422 bits per heavy atom. The summed E-state index contributed by atoms with van der Waals surface area (Å²) in [5.41, 5.74) is 5.85. The largest absolute Gasteiger partial charge is 0.485 e. The van der Waals surface area contributed by atoms with Crippen molar-refractivity contribution in [1.29, 1.82) is 0 Å². The zero-order chi connectivity index (χ0) is 42.5. The lowest BCUT2D eigenvalue weighted by atomic mass is 9.99. The molecule has 0 N–H and O–H groups in total. The number of nitrogens with zero attached hydrogens (tertiary/aromatic N) is 1. The third-order valence-corrected chi connectivity index (χ3v) is 23.2. The Hall–Kier alpha value is -7.58. The van der Waals surface area contributed by atoms with E-state index >= 15 is 0 Å². The number of hydrogen-bond acceptors (Lipinski definition) is 3. The molecule has 0 fully saturated rings. The molecule has 8 aromatic carbocycles. The fraction of sp³-hybridized carbons (Fsp3) is 0.0339. The van der Waals surface area contributed by atoms with Gasteiger partial charge in [-0.15, -0.1) is 0 Å². The SMILES string of the molecule is C1=CCC2Oc3c(-c4cc(-c5ccccc5)cc(-c5cccc6c5Oc5ccccc5[Si]6(c5ccccc5)c5ccccc5)n4)cccc3[Si](c3ccccc3)(c3ccccc3)C2=C1. The van der Waals surface area contributed by atoms with E-state index in [9.17, 15) is 0 Å². The van der Waals surface area contributed by atoms with Gasteiger partial charge in [-0.3, -0.25) is 0 Å². The molecular weight excluding hydrogens is 811 g/mol. The van der Waals surface area contributed by atoms with Gasteiger partial charge in [0, 0.05) is 17.5 Å². The molecule has 5 heteroatoms. The van der Waals surface area contributed by atoms with Crippen LogP contribution in [0.3, 0.4) is 0 Å². The van der Waals surface area contributed by atoms with Gasteiger partial charge in [0.2, 0.25) is 0 Å². The van der Waals surface area contributed by atoms with E-state index in [1.54, 1.807) is 0 Å². The molecule has 0 bridgehead atoms. The Morgan fingerprint density at radius 2 is 0.891 bits per heavy atom. The van der Waals surface area contributed by atoms with Crippen molar-refractivity contribution in [3.05, 3.63) is 248 Å². The van der Waals surface area contributed by atoms with Crippen molar-refractivity contribution >= 4 is 52.5 Å². The van der Waals surface area contributed by atoms with Gasteiger partial charge in [-0.2, -0.15) is 0 Å². The summed E-state index contributed by atoms with van der Waals surface area (Å²) in [6, 6.07) is 81.6. The predicted octanol–water partition coefficient (Wildman–Crippen LogP) is 9.22. The smallest absolute Gasteiger partial charge is 0.188 e. The molecule has 12 rings (SSSR count). The first-order chi connectivity index (χ1) is 31.7. The molecule has 64 heavy (non-hydrogen) atoms. The van der Waals surface area contributed by atoms with Crippen LogP contribution in [0, 0.1) is 0 Å². The van der Waals surface area contributed by atoms with Crippen LogP contribution in [0.15, 0.2) is 248 Å². The molecule has 9 aromatic rings. The van der Waals surface area contributed by atoms with Crippen molar-refractivity contribution < 1.29 is 9.47 Å². The van der Waals surface area contributed by atoms with E-state index in [2.05, 4.69) is 243 Å². The van der Waals surface area contributed by atoms with Crippen LogP contribution in [0.2, 0.25) is 0 Å². The van der Waals surface area contributed by atoms with Gasteiger partial charge < -0.3 is 9.47 Å². The average molecular weight is 854 g/mol. The van der Waals surface area contributed by atoms with Crippen molar-refractivity contribution in [2.45, 2.75) is 12.5 Å². The predicted molar refractivity (Wildman–Crippen MR) is 268 cm³/mol. The number of hydrogen-bond donors (Lipinski definition) is 0. The highest BCUT2D eigenvalue weighted by Gasteiger charge is 2.52. The van der Waals surface area contributed by atoms with E-state index in [0.29, 0.717) is 0 Å². The van der Waals surface area contributed by atoms with E-state index in [0.717, 1.165) is 57.3 Å². The van der Waals surface area contributed by atoms with Crippen LogP contribution in [-0.4, -0.2) is 27.2 Å². The molecule has 1 aliphatic carbocycles. The third-order valence-electron chi connectivity index (χ3n) is 13.5. The highest BCUT2D eigenvalue weighted by atomic mass is 28.3. The summed E-state index contributed by atoms with van der Waals surface area (Å²) < 4.78 is 14.5. The van der Waals surface area contributed by atoms with Crippen LogP contribution in [0.5, 0.6) is 17.2 Å². The number of ether oxygens (including phenoxy) is 2. The van der Waals surface area contributed by atoms with Crippen molar-refractivity contribution in [2.24, 2.45) is 0 Å². The molecule has 0 spiro atoms. The monoisotopic (exact) mass is 853 g/mol. The van der Waals surface area contributed by atoms with Crippen LogP contribution in [-0.2, 0) is 0 Å². The van der Waals surface area contributed by atoms with Crippen LogP contribution >= 0.6 is 0 Å². The Morgan fingerprint density at radius 3 is 1.47 bits per heavy atom. The number of aromatic nitrogens is 1. The molecular formula is C59H43NO2Si2. The number of pyridine rings is 1. The van der Waals surface area contributed by atoms with Gasteiger partial charge >= 0.3 is 0 Å². The molecule has 0 amide bonds. The molecule has 2 aliphatic heterocycles. The first-order valence-electron chi connectivity index (χ1n) is 22.1. The lowest BCUT2D eigenvalue weighted by Crippen LogP contribution is -2.76. The summed E-state index contributed by atoms with van der Waals surface area (Å²) >= 11 is 0. The maximum atomic E-state index is 7.32. The highest BCUT2D eigenvalue weighted by molar-refractivity contribution is 7.21. The average Bonchev–Trinajstić information content (AvgIpc) is 3.38. The quantitative estimate of drug-likeness (QED) is 0.150. The first-order valence-corrected chi connectivity index (χ1v) is 26.1. The molecule has 1 atom stereocenters. The lowest BCUT2D eigenvalue weighted by Gasteiger charge is -2.45. The highest BCUT2D eigenvalue weighted by Crippen LogP contribution is 2.43. The van der Waals surface area contributed by atoms with Gasteiger partial charge in [-0.05, 0) is 83.0 Å². The minimum absolute atomic E-state index is 0.105. The van der Waals surface area contributed by atoms with E-state index in [1.165, 1.54) is 41.5 Å². The normalized spacial score (nSPS) is 16.1. The van der Waals surface area contributed by atoms with Gasteiger partial charge in [0.15, 0.2) is 16.1 Å². The van der Waals surface area contributed by atoms with E-state index in [1.807, 2.05) is 0 Å². The van der Waals surface area contributed by atoms with E-state index < -0.39 is 16.1 Å². The Labute approximate surface area is 376 Å². The summed E-state index contributed by atoms with van der Waals surface area (Å²) in [5.74, 6) is 2.67. The van der Waals surface area contributed by atoms with Crippen molar-refractivity contribution in [1.82, 2.24) is 4.98 Å². The Balaban J connectivity index is 1.13. The summed E-state index contributed by atoms with van der Waals surface area (Å²) in [4.78, 5) is 5.70. The molecule has 3 heterocycles. The van der Waals surface area contributed by atoms with E-state index in [4.69, 9.17) is 14.5 Å². The van der Waals surface area contributed by atoms with Crippen LogP contribution in [0.1, 0.15) is 6.42 Å². The second kappa shape index (κ2) is 15.6. The minimum atomic E-state index is -2.89. The molecule has 304 valence electrons. The molecule has 3 nitrogen and oxygen atoms in total. The standard InChI is InChI=1S/C59H43NO2Si2/c1-6-22-42(23-7-1)43-40-50(48-32-20-38-56-58(48)61-52-34-16-18-36-54(52)63(56,44-24-8-2-9-25-44)45-26-10-3-11-27-45)60-51(41-43)49-33-21-39-57-59(49)62-53-35-17-19-37-55(53)64(57,46-28-12-4-13-29-46)47-30-14-5-15-31-47/h1-34,36-41,53H,35H2. The second-order valence-electron chi connectivity index (χ2n) is 16.8. The van der Waals surface area contributed by atoms with Crippen molar-refractivity contribution in [3.63, 3.8) is 0 Å². The summed E-state index contributed by atoms with van der Waals surface area (Å²) in [7, 11) is -5.72. The molecule has 3 aliphatic rings. The molecule has 0 radical (unpaired) electrons. The summed E-state index contributed by atoms with van der Waals surface area (Å²) in [5, 5.41) is 10.4. The van der Waals surface area contributed by atoms with Crippen molar-refractivity contribution in [2.75, 3.05) is 0 Å². The van der Waals surface area contributed by atoms with Gasteiger partial charge in [0.1, 0.15) is 23.4 Å². The second-order valence-corrected chi connectivity index (χ2v) is 24.3. The van der Waals surface area contributed by atoms with Crippen LogP contribution < -0.4 is 45.8 Å². The number of rotatable bonds is 7. The number of allylic oxidation sites excluding steroid dienone is 2. The van der Waals surface area contributed by atoms with Crippen LogP contribution in [0.4, 0.5) is 0 Å². The zero-order valence-corrected chi connectivity index (χ0v) is 37.1. The lowest BCUT2D eigenvalue weighted by molar-refractivity contribution is 0.245. The molecule has 0 saturated carbocycles. The fourth-order valence-corrected chi connectivity index (χ4v) is 20.9.